The third kappa shape index (κ3) is 5.36. The second kappa shape index (κ2) is 5.99. The molecule has 0 aliphatic rings. The van der Waals surface area contributed by atoms with Crippen molar-refractivity contribution in [1.29, 1.82) is 0 Å². The van der Waals surface area contributed by atoms with E-state index in [2.05, 4.69) is 20.9 Å². The highest BCUT2D eigenvalue weighted by Crippen LogP contribution is 2.32. The van der Waals surface area contributed by atoms with Crippen LogP contribution < -0.4 is 5.32 Å². The minimum Gasteiger partial charge on any atom is -0.444 e. The highest BCUT2D eigenvalue weighted by Gasteiger charge is 2.43. The van der Waals surface area contributed by atoms with Crippen LogP contribution in [0.1, 0.15) is 32.5 Å². The van der Waals surface area contributed by atoms with Gasteiger partial charge < -0.3 is 10.1 Å². The summed E-state index contributed by atoms with van der Waals surface area (Å²) in [7, 11) is 0. The maximum absolute atomic E-state index is 13.0. The van der Waals surface area contributed by atoms with Gasteiger partial charge in [0.15, 0.2) is 6.04 Å². The Bertz CT molecular complexity index is 486. The van der Waals surface area contributed by atoms with Crippen molar-refractivity contribution in [3.8, 4) is 0 Å². The number of alkyl halides is 3. The van der Waals surface area contributed by atoms with Crippen LogP contribution in [0, 0.1) is 0 Å². The van der Waals surface area contributed by atoms with Gasteiger partial charge in [0, 0.05) is 0 Å². The van der Waals surface area contributed by atoms with Crippen LogP contribution in [0.3, 0.4) is 0 Å². The van der Waals surface area contributed by atoms with Gasteiger partial charge in [-0.2, -0.15) is 13.2 Å². The molecule has 0 bridgehead atoms. The number of pyridine rings is 1. The van der Waals surface area contributed by atoms with Crippen LogP contribution in [0.4, 0.5) is 18.0 Å². The Balaban J connectivity index is 2.95. The first-order valence-corrected chi connectivity index (χ1v) is 6.47. The number of alkyl carbamates (subject to hydrolysis) is 1. The van der Waals surface area contributed by atoms with Gasteiger partial charge in [0.2, 0.25) is 0 Å². The molecule has 0 unspecified atom stereocenters. The molecule has 0 aliphatic heterocycles. The van der Waals surface area contributed by atoms with Crippen molar-refractivity contribution in [3.63, 3.8) is 0 Å². The lowest BCUT2D eigenvalue weighted by molar-refractivity contribution is -0.157. The van der Waals surface area contributed by atoms with Crippen LogP contribution in [0.5, 0.6) is 0 Å². The van der Waals surface area contributed by atoms with Crippen LogP contribution in [0.2, 0.25) is 0 Å². The lowest BCUT2D eigenvalue weighted by Crippen LogP contribution is -2.41. The Kier molecular flexibility index (Phi) is 5.01. The van der Waals surface area contributed by atoms with Crippen molar-refractivity contribution < 1.29 is 22.7 Å². The van der Waals surface area contributed by atoms with Gasteiger partial charge in [-0.1, -0.05) is 6.07 Å². The average Bonchev–Trinajstić information content (AvgIpc) is 2.21. The number of nitrogens with zero attached hydrogens (tertiary/aromatic N) is 1. The van der Waals surface area contributed by atoms with Crippen LogP contribution in [-0.4, -0.2) is 22.9 Å². The van der Waals surface area contributed by atoms with Gasteiger partial charge in [-0.05, 0) is 48.8 Å². The van der Waals surface area contributed by atoms with Crippen molar-refractivity contribution >= 4 is 22.0 Å². The van der Waals surface area contributed by atoms with E-state index < -0.39 is 23.9 Å². The van der Waals surface area contributed by atoms with E-state index in [0.29, 0.717) is 0 Å². The van der Waals surface area contributed by atoms with Crippen LogP contribution in [0.15, 0.2) is 22.8 Å². The fourth-order valence-electron chi connectivity index (χ4n) is 1.33. The van der Waals surface area contributed by atoms with Gasteiger partial charge in [0.1, 0.15) is 10.2 Å². The van der Waals surface area contributed by atoms with E-state index in [1.807, 2.05) is 0 Å². The number of carbonyl (C=O) groups excluding carboxylic acids is 1. The van der Waals surface area contributed by atoms with Gasteiger partial charge in [0.05, 0.1) is 5.69 Å². The van der Waals surface area contributed by atoms with Crippen molar-refractivity contribution in [2.24, 2.45) is 0 Å². The topological polar surface area (TPSA) is 51.2 Å². The number of hydrogen-bond acceptors (Lipinski definition) is 3. The van der Waals surface area contributed by atoms with Crippen LogP contribution >= 0.6 is 15.9 Å². The number of ether oxygens (including phenoxy) is 1. The van der Waals surface area contributed by atoms with Gasteiger partial charge in [-0.25, -0.2) is 9.78 Å². The van der Waals surface area contributed by atoms with Gasteiger partial charge >= 0.3 is 12.3 Å². The zero-order valence-corrected chi connectivity index (χ0v) is 12.7. The summed E-state index contributed by atoms with van der Waals surface area (Å²) < 4.78 is 44.1. The van der Waals surface area contributed by atoms with E-state index in [1.54, 1.807) is 26.1 Å². The molecule has 1 N–H and O–H groups in total. The summed E-state index contributed by atoms with van der Waals surface area (Å²) in [6.07, 6.45) is -5.83. The lowest BCUT2D eigenvalue weighted by atomic mass is 10.2. The van der Waals surface area contributed by atoms with Gasteiger partial charge in [0.25, 0.3) is 0 Å². The summed E-state index contributed by atoms with van der Waals surface area (Å²) in [6, 6.07) is 1.85. The Morgan fingerprint density at radius 3 is 2.40 bits per heavy atom. The molecular weight excluding hydrogens is 341 g/mol. The molecule has 0 aliphatic carbocycles. The Morgan fingerprint density at radius 2 is 1.95 bits per heavy atom. The zero-order chi connectivity index (χ0) is 15.6. The molecule has 0 aromatic carbocycles. The zero-order valence-electron chi connectivity index (χ0n) is 11.1. The second-order valence-electron chi connectivity index (χ2n) is 5.01. The van der Waals surface area contributed by atoms with E-state index in [-0.39, 0.29) is 10.3 Å². The minimum absolute atomic E-state index is 0.246. The highest BCUT2D eigenvalue weighted by molar-refractivity contribution is 9.10. The van der Waals surface area contributed by atoms with Gasteiger partial charge in [-0.15, -0.1) is 0 Å². The molecule has 1 atom stereocenters. The Morgan fingerprint density at radius 1 is 1.35 bits per heavy atom. The summed E-state index contributed by atoms with van der Waals surface area (Å²) >= 11 is 2.99. The minimum atomic E-state index is -4.68. The first-order valence-electron chi connectivity index (χ1n) is 5.68. The third-order valence-corrected chi connectivity index (χ3v) is 2.46. The fraction of sp³-hybridized carbons (Fsp3) is 0.500. The molecule has 0 saturated heterocycles. The maximum atomic E-state index is 13.0. The predicted molar refractivity (Wildman–Crippen MR) is 70.1 cm³/mol. The molecule has 4 nitrogen and oxygen atoms in total. The van der Waals surface area contributed by atoms with Crippen molar-refractivity contribution in [3.05, 3.63) is 28.5 Å². The summed E-state index contributed by atoms with van der Waals surface area (Å²) in [5, 5.41) is 1.79. The Hall–Kier alpha value is -1.31. The summed E-state index contributed by atoms with van der Waals surface area (Å²) in [5.74, 6) is 0. The number of aromatic nitrogens is 1. The molecule has 0 saturated carbocycles. The lowest BCUT2D eigenvalue weighted by Gasteiger charge is -2.24. The molecule has 112 valence electrons. The van der Waals surface area contributed by atoms with E-state index in [4.69, 9.17) is 4.74 Å². The fourth-order valence-corrected chi connectivity index (χ4v) is 1.69. The third-order valence-electron chi connectivity index (χ3n) is 2.02. The molecule has 1 aromatic rings. The number of rotatable bonds is 2. The smallest absolute Gasteiger partial charge is 0.414 e. The molecule has 1 heterocycles. The Labute approximate surface area is 122 Å². The van der Waals surface area contributed by atoms with Crippen molar-refractivity contribution in [2.75, 3.05) is 0 Å². The molecular formula is C12H14BrF3N2O2. The first-order chi connectivity index (χ1) is 8.99. The number of halogens is 4. The molecule has 0 spiro atoms. The molecule has 1 amide bonds. The molecule has 20 heavy (non-hydrogen) atoms. The van der Waals surface area contributed by atoms with E-state index in [1.165, 1.54) is 18.2 Å². The van der Waals surface area contributed by atoms with Gasteiger partial charge in [-0.3, -0.25) is 0 Å². The largest absolute Gasteiger partial charge is 0.444 e. The normalized spacial score (nSPS) is 13.8. The van der Waals surface area contributed by atoms with Crippen LogP contribution in [-0.2, 0) is 4.74 Å². The molecule has 0 fully saturated rings. The number of hydrogen-bond donors (Lipinski definition) is 1. The molecule has 0 radical (unpaired) electrons. The first kappa shape index (κ1) is 16.7. The highest BCUT2D eigenvalue weighted by atomic mass is 79.9. The summed E-state index contributed by atoms with van der Waals surface area (Å²) in [4.78, 5) is 15.2. The molecule has 1 rings (SSSR count). The van der Waals surface area contributed by atoms with Crippen molar-refractivity contribution in [2.45, 2.75) is 38.6 Å². The average molecular weight is 355 g/mol. The number of amides is 1. The number of nitrogens with one attached hydrogen (secondary N) is 1. The van der Waals surface area contributed by atoms with Crippen molar-refractivity contribution in [1.82, 2.24) is 10.3 Å². The van der Waals surface area contributed by atoms with E-state index >= 15 is 0 Å². The number of carbonyl (C=O) groups is 1. The summed E-state index contributed by atoms with van der Waals surface area (Å²) in [6.45, 7) is 4.69. The molecule has 1 aromatic heterocycles. The summed E-state index contributed by atoms with van der Waals surface area (Å²) in [5.41, 5.74) is -1.21. The van der Waals surface area contributed by atoms with Crippen LogP contribution in [0.25, 0.3) is 0 Å². The van der Waals surface area contributed by atoms with E-state index in [9.17, 15) is 18.0 Å². The standard InChI is InChI=1S/C12H14BrF3N2O2/c1-11(2,3)20-10(19)18-9(12(14,15)16)7-5-4-6-8(13)17-7/h4-6,9H,1-3H3,(H,18,19)/t9-/m1/s1. The molecule has 8 heteroatoms. The predicted octanol–water partition coefficient (Wildman–Crippen LogP) is 3.97. The SMILES string of the molecule is CC(C)(C)OC(=O)N[C@H](c1cccc(Br)n1)C(F)(F)F. The second-order valence-corrected chi connectivity index (χ2v) is 5.82. The van der Waals surface area contributed by atoms with E-state index in [0.717, 1.165) is 0 Å². The maximum Gasteiger partial charge on any atom is 0.414 e. The quantitative estimate of drug-likeness (QED) is 0.817. The monoisotopic (exact) mass is 354 g/mol.